The first-order valence-corrected chi connectivity index (χ1v) is 6.86. The molecule has 2 aromatic rings. The average Bonchev–Trinajstić information content (AvgIpc) is 2.78. The van der Waals surface area contributed by atoms with Gasteiger partial charge in [-0.25, -0.2) is 4.39 Å². The summed E-state index contributed by atoms with van der Waals surface area (Å²) in [5.74, 6) is 1.08. The fraction of sp³-hybridized carbons (Fsp3) is 0.385. The van der Waals surface area contributed by atoms with Crippen molar-refractivity contribution in [3.8, 4) is 11.5 Å². The Morgan fingerprint density at radius 2 is 2.11 bits per heavy atom. The number of nitrogens with zero attached hydrogens (tertiary/aromatic N) is 2. The van der Waals surface area contributed by atoms with Gasteiger partial charge in [-0.15, -0.1) is 11.8 Å². The lowest BCUT2D eigenvalue weighted by Gasteiger charge is -2.15. The zero-order valence-corrected chi connectivity index (χ0v) is 11.9. The first-order valence-electron chi connectivity index (χ1n) is 5.87. The number of hydrogen-bond donors (Lipinski definition) is 1. The van der Waals surface area contributed by atoms with Crippen LogP contribution in [-0.2, 0) is 5.75 Å². The van der Waals surface area contributed by atoms with Gasteiger partial charge in [0.15, 0.2) is 5.82 Å². The van der Waals surface area contributed by atoms with Crippen LogP contribution >= 0.6 is 11.8 Å². The molecule has 4 nitrogen and oxygen atoms in total. The molecule has 0 amide bonds. The number of rotatable bonds is 3. The molecule has 0 saturated heterocycles. The Balaban J connectivity index is 2.14. The Bertz CT molecular complexity index is 578. The summed E-state index contributed by atoms with van der Waals surface area (Å²) >= 11 is 1.72. The van der Waals surface area contributed by atoms with Crippen LogP contribution in [0.1, 0.15) is 26.6 Å². The Hall–Kier alpha value is -1.56. The largest absolute Gasteiger partial charge is 0.396 e. The average molecular weight is 281 g/mol. The van der Waals surface area contributed by atoms with Gasteiger partial charge in [0.05, 0.1) is 11.4 Å². The van der Waals surface area contributed by atoms with E-state index in [0.29, 0.717) is 23.0 Å². The van der Waals surface area contributed by atoms with E-state index in [4.69, 9.17) is 10.3 Å². The molecule has 1 aromatic carbocycles. The van der Waals surface area contributed by atoms with Gasteiger partial charge >= 0.3 is 0 Å². The summed E-state index contributed by atoms with van der Waals surface area (Å²) in [6.07, 6.45) is 0. The van der Waals surface area contributed by atoms with E-state index < -0.39 is 5.82 Å². The lowest BCUT2D eigenvalue weighted by atomic mass is 10.2. The van der Waals surface area contributed by atoms with Gasteiger partial charge in [0.25, 0.3) is 5.89 Å². The number of nitrogen functional groups attached to an aromatic ring is 1. The van der Waals surface area contributed by atoms with Crippen LogP contribution in [0.2, 0.25) is 0 Å². The first kappa shape index (κ1) is 13.9. The third-order valence-corrected chi connectivity index (χ3v) is 3.62. The highest BCUT2D eigenvalue weighted by atomic mass is 32.2. The second-order valence-corrected chi connectivity index (χ2v) is 6.96. The van der Waals surface area contributed by atoms with Crippen molar-refractivity contribution in [2.45, 2.75) is 31.3 Å². The summed E-state index contributed by atoms with van der Waals surface area (Å²) in [6, 6.07) is 4.44. The molecule has 6 heteroatoms. The van der Waals surface area contributed by atoms with Crippen LogP contribution in [0.15, 0.2) is 22.7 Å². The highest BCUT2D eigenvalue weighted by molar-refractivity contribution is 7.99. The molecule has 1 heterocycles. The van der Waals surface area contributed by atoms with E-state index in [1.54, 1.807) is 17.8 Å². The van der Waals surface area contributed by atoms with Crippen molar-refractivity contribution in [2.75, 3.05) is 5.73 Å². The molecule has 2 N–H and O–H groups in total. The van der Waals surface area contributed by atoms with E-state index in [1.807, 2.05) is 0 Å². The van der Waals surface area contributed by atoms with E-state index in [1.165, 1.54) is 12.1 Å². The molecule has 0 aliphatic heterocycles. The Labute approximate surface area is 115 Å². The molecule has 0 atom stereocenters. The van der Waals surface area contributed by atoms with Crippen molar-refractivity contribution in [3.05, 3.63) is 29.8 Å². The summed E-state index contributed by atoms with van der Waals surface area (Å²) in [5.41, 5.74) is 6.06. The van der Waals surface area contributed by atoms with Crippen LogP contribution in [-0.4, -0.2) is 14.9 Å². The van der Waals surface area contributed by atoms with Crippen LogP contribution in [0.3, 0.4) is 0 Å². The van der Waals surface area contributed by atoms with Crippen molar-refractivity contribution < 1.29 is 8.91 Å². The minimum absolute atomic E-state index is 0.103. The number of hydrogen-bond acceptors (Lipinski definition) is 5. The van der Waals surface area contributed by atoms with Crippen molar-refractivity contribution in [2.24, 2.45) is 0 Å². The van der Waals surface area contributed by atoms with Gasteiger partial charge in [-0.1, -0.05) is 25.9 Å². The third kappa shape index (κ3) is 3.70. The smallest absolute Gasteiger partial charge is 0.258 e. The fourth-order valence-electron chi connectivity index (χ4n) is 1.37. The van der Waals surface area contributed by atoms with Gasteiger partial charge in [0, 0.05) is 10.3 Å². The molecule has 0 bridgehead atoms. The van der Waals surface area contributed by atoms with Crippen molar-refractivity contribution in [3.63, 3.8) is 0 Å². The molecule has 1 aromatic heterocycles. The topological polar surface area (TPSA) is 64.9 Å². The van der Waals surface area contributed by atoms with Gasteiger partial charge in [0.1, 0.15) is 5.82 Å². The quantitative estimate of drug-likeness (QED) is 0.872. The second kappa shape index (κ2) is 5.21. The molecule has 19 heavy (non-hydrogen) atoms. The fourth-order valence-corrected chi connectivity index (χ4v) is 2.05. The SMILES string of the molecule is CC(C)(C)SCc1noc(-c2ccc(N)c(F)c2)n1. The normalized spacial score (nSPS) is 11.8. The van der Waals surface area contributed by atoms with Crippen LogP contribution in [0.5, 0.6) is 0 Å². The second-order valence-electron chi connectivity index (χ2n) is 5.15. The van der Waals surface area contributed by atoms with Gasteiger partial charge in [-0.05, 0) is 18.2 Å². The van der Waals surface area contributed by atoms with Crippen molar-refractivity contribution in [1.29, 1.82) is 0 Å². The van der Waals surface area contributed by atoms with Crippen molar-refractivity contribution >= 4 is 17.4 Å². The van der Waals surface area contributed by atoms with Crippen molar-refractivity contribution in [1.82, 2.24) is 10.1 Å². The number of benzene rings is 1. The van der Waals surface area contributed by atoms with Crippen LogP contribution in [0, 0.1) is 5.82 Å². The summed E-state index contributed by atoms with van der Waals surface area (Å²) in [4.78, 5) is 4.25. The predicted octanol–water partition coefficient (Wildman–Crippen LogP) is 3.49. The third-order valence-electron chi connectivity index (χ3n) is 2.35. The maximum absolute atomic E-state index is 13.4. The Morgan fingerprint density at radius 3 is 2.74 bits per heavy atom. The molecule has 0 saturated carbocycles. The highest BCUT2D eigenvalue weighted by Gasteiger charge is 2.15. The number of aromatic nitrogens is 2. The predicted molar refractivity (Wildman–Crippen MR) is 75.2 cm³/mol. The Morgan fingerprint density at radius 1 is 1.37 bits per heavy atom. The molecule has 0 aliphatic rings. The number of halogens is 1. The lowest BCUT2D eigenvalue weighted by Crippen LogP contribution is -2.07. The molecular formula is C13H16FN3OS. The highest BCUT2D eigenvalue weighted by Crippen LogP contribution is 2.27. The van der Waals surface area contributed by atoms with E-state index >= 15 is 0 Å². The minimum atomic E-state index is -0.485. The molecule has 0 spiro atoms. The molecular weight excluding hydrogens is 265 g/mol. The number of nitrogens with two attached hydrogens (primary N) is 1. The van der Waals surface area contributed by atoms with E-state index in [2.05, 4.69) is 30.9 Å². The number of thioether (sulfide) groups is 1. The molecule has 102 valence electrons. The monoisotopic (exact) mass is 281 g/mol. The summed E-state index contributed by atoms with van der Waals surface area (Å²) in [6.45, 7) is 6.36. The molecule has 2 rings (SSSR count). The zero-order chi connectivity index (χ0) is 14.0. The molecule has 0 fully saturated rings. The van der Waals surface area contributed by atoms with Gasteiger partial charge in [-0.3, -0.25) is 0 Å². The van der Waals surface area contributed by atoms with Crippen LogP contribution in [0.25, 0.3) is 11.5 Å². The van der Waals surface area contributed by atoms with E-state index in [9.17, 15) is 4.39 Å². The van der Waals surface area contributed by atoms with Crippen LogP contribution < -0.4 is 5.73 Å². The standard InChI is InChI=1S/C13H16FN3OS/c1-13(2,3)19-7-11-16-12(18-17-11)8-4-5-10(15)9(14)6-8/h4-6H,7,15H2,1-3H3. The van der Waals surface area contributed by atoms with Gasteiger partial charge in [0.2, 0.25) is 0 Å². The molecule has 0 aliphatic carbocycles. The van der Waals surface area contributed by atoms with E-state index in [-0.39, 0.29) is 10.4 Å². The maximum atomic E-state index is 13.4. The van der Waals surface area contributed by atoms with Gasteiger partial charge in [-0.2, -0.15) is 4.98 Å². The molecule has 0 unspecified atom stereocenters. The summed E-state index contributed by atoms with van der Waals surface area (Å²) < 4.78 is 18.6. The van der Waals surface area contributed by atoms with E-state index in [0.717, 1.165) is 0 Å². The lowest BCUT2D eigenvalue weighted by molar-refractivity contribution is 0.425. The molecule has 0 radical (unpaired) electrons. The maximum Gasteiger partial charge on any atom is 0.258 e. The summed E-state index contributed by atoms with van der Waals surface area (Å²) in [7, 11) is 0. The van der Waals surface area contributed by atoms with Crippen LogP contribution in [0.4, 0.5) is 10.1 Å². The number of anilines is 1. The zero-order valence-electron chi connectivity index (χ0n) is 11.1. The Kier molecular flexibility index (Phi) is 3.80. The first-order chi connectivity index (χ1) is 8.85. The van der Waals surface area contributed by atoms with Gasteiger partial charge < -0.3 is 10.3 Å². The minimum Gasteiger partial charge on any atom is -0.396 e. The summed E-state index contributed by atoms with van der Waals surface area (Å²) in [5, 5.41) is 3.89.